The van der Waals surface area contributed by atoms with Gasteiger partial charge in [-0.05, 0) is 17.7 Å². The van der Waals surface area contributed by atoms with Crippen LogP contribution in [0.5, 0.6) is 0 Å². The maximum atomic E-state index is 12.5. The molecule has 0 fully saturated rings. The molecule has 0 saturated heterocycles. The summed E-state index contributed by atoms with van der Waals surface area (Å²) in [5.74, 6) is -3.35. The number of nitrogens with one attached hydrogen (secondary N) is 1. The Morgan fingerprint density at radius 2 is 1.85 bits per heavy atom. The highest BCUT2D eigenvalue weighted by Crippen LogP contribution is 2.29. The van der Waals surface area contributed by atoms with Crippen molar-refractivity contribution in [2.45, 2.75) is 12.7 Å². The van der Waals surface area contributed by atoms with Crippen molar-refractivity contribution < 1.29 is 31.7 Å². The third-order valence-corrected chi connectivity index (χ3v) is 3.28. The van der Waals surface area contributed by atoms with E-state index in [1.165, 1.54) is 30.5 Å². The van der Waals surface area contributed by atoms with Crippen molar-refractivity contribution in [3.8, 4) is 11.4 Å². The molecule has 1 aromatic carbocycles. The lowest BCUT2D eigenvalue weighted by Crippen LogP contribution is -2.30. The number of hydrogen-bond acceptors (Lipinski definition) is 6. The fraction of sp³-hybridized carbons (Fsp3) is 0.125. The van der Waals surface area contributed by atoms with Gasteiger partial charge >= 0.3 is 12.1 Å². The lowest BCUT2D eigenvalue weighted by molar-refractivity contribution is -0.159. The van der Waals surface area contributed by atoms with Crippen molar-refractivity contribution in [2.75, 3.05) is 0 Å². The zero-order chi connectivity index (χ0) is 18.7. The summed E-state index contributed by atoms with van der Waals surface area (Å²) in [6, 6.07) is 8.91. The van der Waals surface area contributed by atoms with E-state index in [2.05, 4.69) is 20.0 Å². The Hall–Kier alpha value is -3.43. The van der Waals surface area contributed by atoms with E-state index in [0.717, 1.165) is 0 Å². The highest BCUT2D eigenvalue weighted by atomic mass is 19.4. The molecule has 2 heterocycles. The fourth-order valence-corrected chi connectivity index (χ4v) is 2.01. The normalized spacial score (nSPS) is 11.3. The summed E-state index contributed by atoms with van der Waals surface area (Å²) in [5, 5.41) is 5.70. The van der Waals surface area contributed by atoms with Crippen LogP contribution in [0.4, 0.5) is 13.2 Å². The average molecular weight is 365 g/mol. The summed E-state index contributed by atoms with van der Waals surface area (Å²) in [6.45, 7) is 0.0472. The van der Waals surface area contributed by atoms with E-state index in [1.54, 1.807) is 12.1 Å². The maximum Gasteiger partial charge on any atom is 0.471 e. The Labute approximate surface area is 143 Å². The Balaban J connectivity index is 1.62. The van der Waals surface area contributed by atoms with Crippen LogP contribution in [0.25, 0.3) is 11.4 Å². The van der Waals surface area contributed by atoms with Crippen molar-refractivity contribution in [3.05, 3.63) is 59.9 Å². The molecule has 7 nitrogen and oxygen atoms in total. The molecule has 1 N–H and O–H groups in total. The van der Waals surface area contributed by atoms with Gasteiger partial charge in [0.05, 0.1) is 6.26 Å². The topological polar surface area (TPSA) is 98.2 Å². The molecule has 0 unspecified atom stereocenters. The smallest absolute Gasteiger partial charge is 0.461 e. The second kappa shape index (κ2) is 6.82. The van der Waals surface area contributed by atoms with Crippen LogP contribution in [0.15, 0.2) is 51.6 Å². The Morgan fingerprint density at radius 1 is 1.12 bits per heavy atom. The minimum Gasteiger partial charge on any atom is -0.461 e. The number of Topliss-reactive ketones (excluding diaryl/α,β-unsaturated/α-hetero) is 1. The second-order valence-electron chi connectivity index (χ2n) is 5.11. The molecule has 134 valence electrons. The number of halogens is 3. The largest absolute Gasteiger partial charge is 0.471 e. The van der Waals surface area contributed by atoms with Crippen LogP contribution in [-0.2, 0) is 17.5 Å². The van der Waals surface area contributed by atoms with E-state index < -0.39 is 23.8 Å². The first-order valence-corrected chi connectivity index (χ1v) is 7.21. The number of rotatable bonds is 5. The van der Waals surface area contributed by atoms with E-state index in [9.17, 15) is 22.8 Å². The fourth-order valence-electron chi connectivity index (χ4n) is 2.01. The number of hydrogen-bond donors (Lipinski definition) is 1. The second-order valence-corrected chi connectivity index (χ2v) is 5.11. The van der Waals surface area contributed by atoms with Crippen LogP contribution < -0.4 is 5.32 Å². The molecule has 3 aromatic rings. The van der Waals surface area contributed by atoms with E-state index in [-0.39, 0.29) is 18.1 Å². The molecule has 0 aliphatic carbocycles. The molecule has 0 bridgehead atoms. The molecule has 0 atom stereocenters. The molecule has 10 heteroatoms. The van der Waals surface area contributed by atoms with Gasteiger partial charge in [0.2, 0.25) is 5.82 Å². The number of carbonyl (C=O) groups is 2. The van der Waals surface area contributed by atoms with E-state index >= 15 is 0 Å². The number of carbonyl (C=O) groups excluding carboxylic acids is 2. The molecule has 0 saturated carbocycles. The maximum absolute atomic E-state index is 12.5. The molecule has 2 aromatic heterocycles. The van der Waals surface area contributed by atoms with Gasteiger partial charge < -0.3 is 14.3 Å². The van der Waals surface area contributed by atoms with Gasteiger partial charge in [-0.2, -0.15) is 18.2 Å². The minimum atomic E-state index is -4.71. The average Bonchev–Trinajstić information content (AvgIpc) is 3.30. The van der Waals surface area contributed by atoms with E-state index in [1.807, 2.05) is 0 Å². The standard InChI is InChI=1S/C16H10F3N3O4/c17-16(18,19)15-21-13(22-26-15)10-5-3-9(4-6-10)8-20-14(24)12(23)11-2-1-7-25-11/h1-7H,8H2,(H,20,24). The van der Waals surface area contributed by atoms with Crippen molar-refractivity contribution in [3.63, 3.8) is 0 Å². The summed E-state index contributed by atoms with van der Waals surface area (Å²) in [7, 11) is 0. The molecule has 0 spiro atoms. The van der Waals surface area contributed by atoms with E-state index in [4.69, 9.17) is 4.42 Å². The Kier molecular flexibility index (Phi) is 4.57. The van der Waals surface area contributed by atoms with Gasteiger partial charge in [0.1, 0.15) is 0 Å². The third kappa shape index (κ3) is 3.79. The van der Waals surface area contributed by atoms with Gasteiger partial charge in [0, 0.05) is 12.1 Å². The van der Waals surface area contributed by atoms with Gasteiger partial charge in [-0.1, -0.05) is 29.4 Å². The van der Waals surface area contributed by atoms with Gasteiger partial charge in [-0.15, -0.1) is 0 Å². The number of furan rings is 1. The van der Waals surface area contributed by atoms with Gasteiger partial charge in [0.25, 0.3) is 11.7 Å². The molecular formula is C16H10F3N3O4. The first kappa shape index (κ1) is 17.4. The monoisotopic (exact) mass is 365 g/mol. The summed E-state index contributed by atoms with van der Waals surface area (Å²) < 4.78 is 46.4. The highest BCUT2D eigenvalue weighted by molar-refractivity contribution is 6.41. The van der Waals surface area contributed by atoms with Crippen LogP contribution in [0.1, 0.15) is 22.0 Å². The lowest BCUT2D eigenvalue weighted by atomic mass is 10.1. The summed E-state index contributed by atoms with van der Waals surface area (Å²) >= 11 is 0. The van der Waals surface area contributed by atoms with Gasteiger partial charge in [0.15, 0.2) is 5.76 Å². The van der Waals surface area contributed by atoms with Crippen LogP contribution in [0.2, 0.25) is 0 Å². The zero-order valence-electron chi connectivity index (χ0n) is 12.9. The Bertz CT molecular complexity index is 915. The summed E-state index contributed by atoms with van der Waals surface area (Å²) in [4.78, 5) is 26.7. The minimum absolute atomic E-state index is 0.0472. The molecule has 3 rings (SSSR count). The molecular weight excluding hydrogens is 355 g/mol. The zero-order valence-corrected chi connectivity index (χ0v) is 12.9. The first-order chi connectivity index (χ1) is 12.3. The van der Waals surface area contributed by atoms with Crippen LogP contribution in [0, 0.1) is 0 Å². The predicted octanol–water partition coefficient (Wildman–Crippen LogP) is 2.85. The molecule has 0 radical (unpaired) electrons. The number of benzene rings is 1. The highest BCUT2D eigenvalue weighted by Gasteiger charge is 2.38. The molecule has 0 aliphatic rings. The number of aromatic nitrogens is 2. The lowest BCUT2D eigenvalue weighted by Gasteiger charge is -2.04. The number of amides is 1. The summed E-state index contributed by atoms with van der Waals surface area (Å²) in [6.07, 6.45) is -3.43. The van der Waals surface area contributed by atoms with Crippen LogP contribution >= 0.6 is 0 Å². The number of ketones is 1. The summed E-state index contributed by atoms with van der Waals surface area (Å²) in [5.41, 5.74) is 0.930. The number of alkyl halides is 3. The quantitative estimate of drug-likeness (QED) is 0.551. The SMILES string of the molecule is O=C(NCc1ccc(-c2noc(C(F)(F)F)n2)cc1)C(=O)c1ccco1. The molecule has 0 aliphatic heterocycles. The Morgan fingerprint density at radius 3 is 2.42 bits per heavy atom. The van der Waals surface area contributed by atoms with Gasteiger partial charge in [-0.25, -0.2) is 0 Å². The first-order valence-electron chi connectivity index (χ1n) is 7.21. The van der Waals surface area contributed by atoms with Crippen molar-refractivity contribution in [1.29, 1.82) is 0 Å². The molecule has 1 amide bonds. The van der Waals surface area contributed by atoms with Crippen molar-refractivity contribution >= 4 is 11.7 Å². The van der Waals surface area contributed by atoms with Crippen LogP contribution in [-0.4, -0.2) is 21.8 Å². The van der Waals surface area contributed by atoms with Gasteiger partial charge in [-0.3, -0.25) is 9.59 Å². The van der Waals surface area contributed by atoms with Crippen molar-refractivity contribution in [2.24, 2.45) is 0 Å². The van der Waals surface area contributed by atoms with Crippen molar-refractivity contribution in [1.82, 2.24) is 15.5 Å². The third-order valence-electron chi connectivity index (χ3n) is 3.28. The predicted molar refractivity (Wildman–Crippen MR) is 79.6 cm³/mol. The molecule has 26 heavy (non-hydrogen) atoms. The van der Waals surface area contributed by atoms with Crippen LogP contribution in [0.3, 0.4) is 0 Å². The number of nitrogens with zero attached hydrogens (tertiary/aromatic N) is 2. The van der Waals surface area contributed by atoms with E-state index in [0.29, 0.717) is 11.1 Å².